The van der Waals surface area contributed by atoms with E-state index < -0.39 is 12.0 Å². The van der Waals surface area contributed by atoms with E-state index in [2.05, 4.69) is 10.6 Å². The second-order valence-corrected chi connectivity index (χ2v) is 9.04. The van der Waals surface area contributed by atoms with Crippen LogP contribution in [0.3, 0.4) is 0 Å². The van der Waals surface area contributed by atoms with Crippen LogP contribution < -0.4 is 10.6 Å². The molecule has 0 aliphatic carbocycles. The fraction of sp³-hybridized carbons (Fsp3) is 0.250. The molecule has 160 valence electrons. The molecule has 3 aromatic rings. The first-order chi connectivity index (χ1) is 15.0. The number of carboxylic acids is 1. The quantitative estimate of drug-likeness (QED) is 0.415. The molecule has 2 aromatic carbocycles. The van der Waals surface area contributed by atoms with Crippen LogP contribution in [-0.2, 0) is 0 Å². The van der Waals surface area contributed by atoms with Crippen molar-refractivity contribution in [2.45, 2.75) is 18.9 Å². The van der Waals surface area contributed by atoms with Crippen LogP contribution >= 0.6 is 22.9 Å². The lowest BCUT2D eigenvalue weighted by molar-refractivity contribution is 0.0702. The number of carboxylic acid groups (broad SMARTS) is 1. The van der Waals surface area contributed by atoms with Gasteiger partial charge in [-0.15, -0.1) is 11.3 Å². The van der Waals surface area contributed by atoms with Gasteiger partial charge in [0.1, 0.15) is 4.88 Å². The van der Waals surface area contributed by atoms with Gasteiger partial charge in [0.25, 0.3) is 0 Å². The number of hydrogen-bond acceptors (Lipinski definition) is 5. The number of anilines is 1. The number of carbonyl (C=O) groups is 2. The van der Waals surface area contributed by atoms with E-state index in [1.807, 2.05) is 36.4 Å². The summed E-state index contributed by atoms with van der Waals surface area (Å²) in [6.07, 6.45) is 1.65. The zero-order chi connectivity index (χ0) is 21.8. The monoisotopic (exact) mass is 454 g/mol. The average molecular weight is 455 g/mol. The summed E-state index contributed by atoms with van der Waals surface area (Å²) in [7, 11) is 0. The van der Waals surface area contributed by atoms with Gasteiger partial charge in [-0.25, -0.2) is 4.79 Å². The first kappa shape index (κ1) is 21.6. The maximum atomic E-state index is 13.5. The van der Waals surface area contributed by atoms with Gasteiger partial charge in [-0.05, 0) is 55.6 Å². The summed E-state index contributed by atoms with van der Waals surface area (Å²) in [4.78, 5) is 26.5. The predicted octanol–water partition coefficient (Wildman–Crippen LogP) is 5.43. The van der Waals surface area contributed by atoms with Crippen molar-refractivity contribution in [3.63, 3.8) is 0 Å². The first-order valence-electron chi connectivity index (χ1n) is 10.2. The van der Waals surface area contributed by atoms with Crippen molar-refractivity contribution in [1.82, 2.24) is 5.32 Å². The van der Waals surface area contributed by atoms with Crippen LogP contribution in [-0.4, -0.2) is 36.0 Å². The van der Waals surface area contributed by atoms with Crippen molar-refractivity contribution in [1.29, 1.82) is 0 Å². The molecule has 7 heteroatoms. The molecule has 0 saturated carbocycles. The highest BCUT2D eigenvalue weighted by Crippen LogP contribution is 2.36. The van der Waals surface area contributed by atoms with E-state index in [4.69, 9.17) is 11.6 Å². The SMILES string of the molecule is O=C(O)c1sc(-c2ccccc2)cc1NC(C(=O)c1ccccc1Cl)C1CCNCC1. The fourth-order valence-corrected chi connectivity index (χ4v) is 5.17. The third-order valence-corrected chi connectivity index (χ3v) is 7.07. The van der Waals surface area contributed by atoms with Crippen LogP contribution in [0.25, 0.3) is 10.4 Å². The van der Waals surface area contributed by atoms with Crippen molar-refractivity contribution in [3.05, 3.63) is 76.1 Å². The highest BCUT2D eigenvalue weighted by molar-refractivity contribution is 7.18. The molecule has 0 spiro atoms. The number of hydrogen-bond donors (Lipinski definition) is 3. The molecule has 3 N–H and O–H groups in total. The summed E-state index contributed by atoms with van der Waals surface area (Å²) in [6, 6.07) is 17.9. The third-order valence-electron chi connectivity index (χ3n) is 5.57. The molecule has 0 bridgehead atoms. The van der Waals surface area contributed by atoms with Crippen molar-refractivity contribution >= 4 is 40.4 Å². The van der Waals surface area contributed by atoms with Crippen molar-refractivity contribution in [2.24, 2.45) is 5.92 Å². The van der Waals surface area contributed by atoms with Crippen LogP contribution in [0.1, 0.15) is 32.9 Å². The van der Waals surface area contributed by atoms with Gasteiger partial charge in [-0.1, -0.05) is 54.1 Å². The molecule has 1 saturated heterocycles. The van der Waals surface area contributed by atoms with Crippen LogP contribution in [0.5, 0.6) is 0 Å². The highest BCUT2D eigenvalue weighted by atomic mass is 35.5. The average Bonchev–Trinajstić information content (AvgIpc) is 3.23. The lowest BCUT2D eigenvalue weighted by Crippen LogP contribution is -2.42. The van der Waals surface area contributed by atoms with Gasteiger partial charge in [-0.2, -0.15) is 0 Å². The molecule has 1 atom stereocenters. The molecule has 0 amide bonds. The molecule has 2 heterocycles. The smallest absolute Gasteiger partial charge is 0.348 e. The number of rotatable bonds is 7. The fourth-order valence-electron chi connectivity index (χ4n) is 3.97. The minimum absolute atomic E-state index is 0.0757. The standard InChI is InChI=1S/C24H23ClN2O3S/c25-18-9-5-4-8-17(18)22(28)21(16-10-12-26-13-11-16)27-19-14-20(31-23(19)24(29)30)15-6-2-1-3-7-15/h1-9,14,16,21,26-27H,10-13H2,(H,29,30). The van der Waals surface area contributed by atoms with Gasteiger partial charge in [-0.3, -0.25) is 4.79 Å². The molecule has 1 aliphatic heterocycles. The van der Waals surface area contributed by atoms with Gasteiger partial charge in [0.15, 0.2) is 5.78 Å². The minimum Gasteiger partial charge on any atom is -0.477 e. The van der Waals surface area contributed by atoms with E-state index in [1.165, 1.54) is 11.3 Å². The Bertz CT molecular complexity index is 1080. The molecular formula is C24H23ClN2O3S. The molecule has 1 aliphatic rings. The van der Waals surface area contributed by atoms with E-state index in [0.717, 1.165) is 36.4 Å². The molecular weight excluding hydrogens is 432 g/mol. The molecule has 0 radical (unpaired) electrons. The Labute approximate surface area is 190 Å². The molecule has 1 fully saturated rings. The van der Waals surface area contributed by atoms with Crippen molar-refractivity contribution < 1.29 is 14.7 Å². The number of carbonyl (C=O) groups excluding carboxylic acids is 1. The number of thiophene rings is 1. The van der Waals surface area contributed by atoms with E-state index in [9.17, 15) is 14.7 Å². The van der Waals surface area contributed by atoms with Gasteiger partial charge in [0, 0.05) is 10.4 Å². The number of halogens is 1. The Morgan fingerprint density at radius 1 is 1.06 bits per heavy atom. The molecule has 1 unspecified atom stereocenters. The zero-order valence-electron chi connectivity index (χ0n) is 16.8. The lowest BCUT2D eigenvalue weighted by atomic mass is 9.85. The summed E-state index contributed by atoms with van der Waals surface area (Å²) in [6.45, 7) is 1.65. The molecule has 1 aromatic heterocycles. The van der Waals surface area contributed by atoms with E-state index in [-0.39, 0.29) is 16.6 Å². The van der Waals surface area contributed by atoms with Gasteiger partial charge < -0.3 is 15.7 Å². The summed E-state index contributed by atoms with van der Waals surface area (Å²) in [5.41, 5.74) is 1.87. The maximum Gasteiger partial charge on any atom is 0.348 e. The number of Topliss-reactive ketones (excluding diaryl/α,β-unsaturated/α-hetero) is 1. The second kappa shape index (κ2) is 9.64. The van der Waals surface area contributed by atoms with Crippen molar-refractivity contribution in [3.8, 4) is 10.4 Å². The zero-order valence-corrected chi connectivity index (χ0v) is 18.4. The number of piperidine rings is 1. The van der Waals surface area contributed by atoms with Crippen LogP contribution in [0.4, 0.5) is 5.69 Å². The maximum absolute atomic E-state index is 13.5. The summed E-state index contributed by atoms with van der Waals surface area (Å²) >= 11 is 7.53. The Morgan fingerprint density at radius 3 is 2.42 bits per heavy atom. The van der Waals surface area contributed by atoms with E-state index in [0.29, 0.717) is 16.3 Å². The number of benzene rings is 2. The summed E-state index contributed by atoms with van der Waals surface area (Å²) in [5, 5.41) is 16.8. The van der Waals surface area contributed by atoms with Gasteiger partial charge in [0.2, 0.25) is 0 Å². The van der Waals surface area contributed by atoms with E-state index >= 15 is 0 Å². The lowest BCUT2D eigenvalue weighted by Gasteiger charge is -2.31. The first-order valence-corrected chi connectivity index (χ1v) is 11.4. The number of aromatic carboxylic acids is 1. The minimum atomic E-state index is -1.01. The normalized spacial score (nSPS) is 15.4. The van der Waals surface area contributed by atoms with Crippen molar-refractivity contribution in [2.75, 3.05) is 18.4 Å². The number of nitrogens with one attached hydrogen (secondary N) is 2. The Morgan fingerprint density at radius 2 is 1.74 bits per heavy atom. The third kappa shape index (κ3) is 4.82. The Kier molecular flexibility index (Phi) is 6.70. The van der Waals surface area contributed by atoms with Gasteiger partial charge >= 0.3 is 5.97 Å². The molecule has 4 rings (SSSR count). The van der Waals surface area contributed by atoms with Gasteiger partial charge in [0.05, 0.1) is 16.8 Å². The van der Waals surface area contributed by atoms with E-state index in [1.54, 1.807) is 24.3 Å². The highest BCUT2D eigenvalue weighted by Gasteiger charge is 2.32. The Balaban J connectivity index is 1.71. The summed E-state index contributed by atoms with van der Waals surface area (Å²) < 4.78 is 0. The summed E-state index contributed by atoms with van der Waals surface area (Å²) in [5.74, 6) is -1.04. The second-order valence-electron chi connectivity index (χ2n) is 7.58. The predicted molar refractivity (Wildman–Crippen MR) is 126 cm³/mol. The topological polar surface area (TPSA) is 78.4 Å². The molecule has 5 nitrogen and oxygen atoms in total. The van der Waals surface area contributed by atoms with Crippen LogP contribution in [0, 0.1) is 5.92 Å². The number of ketones is 1. The Hall–Kier alpha value is -2.67. The van der Waals surface area contributed by atoms with Crippen LogP contribution in [0.2, 0.25) is 5.02 Å². The van der Waals surface area contributed by atoms with Crippen LogP contribution in [0.15, 0.2) is 60.7 Å². The largest absolute Gasteiger partial charge is 0.477 e. The molecule has 31 heavy (non-hydrogen) atoms.